The van der Waals surface area contributed by atoms with Gasteiger partial charge < -0.3 is 14.3 Å². The van der Waals surface area contributed by atoms with Crippen LogP contribution in [0.3, 0.4) is 0 Å². The molecule has 0 fully saturated rings. The molecule has 0 aromatic carbocycles. The molecule has 168 valence electrons. The van der Waals surface area contributed by atoms with Gasteiger partial charge in [0.25, 0.3) is 0 Å². The lowest BCUT2D eigenvalue weighted by atomic mass is 10.1. The quantitative estimate of drug-likeness (QED) is 0.396. The number of fused-ring (bicyclic) bond motifs is 2. The van der Waals surface area contributed by atoms with Gasteiger partial charge in [-0.25, -0.2) is 14.4 Å². The van der Waals surface area contributed by atoms with Crippen LogP contribution >= 0.6 is 0 Å². The largest absolute Gasteiger partial charge is 0.472 e. The van der Waals surface area contributed by atoms with Crippen molar-refractivity contribution in [2.45, 2.75) is 6.54 Å². The summed E-state index contributed by atoms with van der Waals surface area (Å²) in [5.74, 6) is -0.0891. The van der Waals surface area contributed by atoms with Gasteiger partial charge in [-0.2, -0.15) is 5.10 Å². The first kappa shape index (κ1) is 20.2. The number of nitrogens with zero attached hydrogens (tertiary/aromatic N) is 6. The van der Waals surface area contributed by atoms with E-state index in [2.05, 4.69) is 30.1 Å². The SMILES string of the molecule is CN(C)Cc1cncc(-c2ncc3[nH]nc(-c4nc5c(-c6ccoc6)ccnc5[nH]4)c3c2F)c1. The minimum atomic E-state index is -0.492. The number of nitrogens with one attached hydrogen (secondary N) is 2. The zero-order chi connectivity index (χ0) is 23.2. The third-order valence-electron chi connectivity index (χ3n) is 5.55. The summed E-state index contributed by atoms with van der Waals surface area (Å²) in [6.07, 6.45) is 9.87. The number of rotatable bonds is 5. The highest BCUT2D eigenvalue weighted by Gasteiger charge is 2.21. The number of pyridine rings is 3. The van der Waals surface area contributed by atoms with E-state index in [1.807, 2.05) is 37.2 Å². The van der Waals surface area contributed by atoms with E-state index < -0.39 is 5.82 Å². The van der Waals surface area contributed by atoms with E-state index >= 15 is 4.39 Å². The first-order valence-electron chi connectivity index (χ1n) is 10.6. The summed E-state index contributed by atoms with van der Waals surface area (Å²) >= 11 is 0. The minimum absolute atomic E-state index is 0.205. The molecule has 10 heteroatoms. The molecule has 0 aliphatic rings. The second kappa shape index (κ2) is 7.85. The number of aromatic amines is 2. The van der Waals surface area contributed by atoms with Crippen LogP contribution in [0.2, 0.25) is 0 Å². The first-order valence-corrected chi connectivity index (χ1v) is 10.6. The monoisotopic (exact) mass is 454 g/mol. The van der Waals surface area contributed by atoms with Crippen molar-refractivity contribution in [3.05, 3.63) is 66.9 Å². The number of hydrogen-bond donors (Lipinski definition) is 2. The van der Waals surface area contributed by atoms with Gasteiger partial charge in [-0.1, -0.05) is 0 Å². The molecule has 0 spiro atoms. The number of imidazole rings is 1. The number of aromatic nitrogens is 7. The predicted octanol–water partition coefficient (Wildman–Crippen LogP) is 4.42. The molecule has 0 amide bonds. The fourth-order valence-electron chi connectivity index (χ4n) is 4.09. The van der Waals surface area contributed by atoms with Crippen LogP contribution in [-0.2, 0) is 6.54 Å². The Balaban J connectivity index is 1.50. The van der Waals surface area contributed by atoms with Crippen molar-refractivity contribution in [3.8, 4) is 33.9 Å². The molecule has 6 aromatic heterocycles. The zero-order valence-corrected chi connectivity index (χ0v) is 18.4. The number of hydrogen-bond acceptors (Lipinski definition) is 7. The Kier molecular flexibility index (Phi) is 4.66. The van der Waals surface area contributed by atoms with Crippen LogP contribution in [0.4, 0.5) is 4.39 Å². The van der Waals surface area contributed by atoms with Crippen molar-refractivity contribution in [3.63, 3.8) is 0 Å². The number of H-pyrrole nitrogens is 2. The van der Waals surface area contributed by atoms with E-state index in [0.29, 0.717) is 45.7 Å². The fourth-order valence-corrected chi connectivity index (χ4v) is 4.09. The van der Waals surface area contributed by atoms with Gasteiger partial charge in [0.2, 0.25) is 0 Å². The van der Waals surface area contributed by atoms with Crippen LogP contribution in [-0.4, -0.2) is 54.1 Å². The van der Waals surface area contributed by atoms with E-state index in [0.717, 1.165) is 16.7 Å². The van der Waals surface area contributed by atoms with Crippen molar-refractivity contribution in [2.24, 2.45) is 0 Å². The standard InChI is InChI=1S/C24H19FN8O/c1-33(2)11-13-7-15(9-26-8-13)20-19(25)18-17(10-28-20)31-32-22(18)24-29-21-16(14-4-6-34-12-14)3-5-27-23(21)30-24/h3-10,12H,11H2,1-2H3,(H,31,32)(H,27,29,30). The second-order valence-corrected chi connectivity index (χ2v) is 8.25. The third-order valence-corrected chi connectivity index (χ3v) is 5.55. The molecule has 9 nitrogen and oxygen atoms in total. The van der Waals surface area contributed by atoms with Crippen molar-refractivity contribution < 1.29 is 8.81 Å². The predicted molar refractivity (Wildman–Crippen MR) is 125 cm³/mol. The van der Waals surface area contributed by atoms with Crippen LogP contribution < -0.4 is 0 Å². The van der Waals surface area contributed by atoms with E-state index in [1.54, 1.807) is 37.3 Å². The summed E-state index contributed by atoms with van der Waals surface area (Å²) in [5.41, 5.74) is 5.53. The Hall–Kier alpha value is -4.44. The molecular formula is C24H19FN8O. The molecule has 6 rings (SSSR count). The van der Waals surface area contributed by atoms with Crippen LogP contribution in [0.15, 0.2) is 59.9 Å². The van der Waals surface area contributed by atoms with Gasteiger partial charge in [0.05, 0.1) is 29.6 Å². The molecule has 0 radical (unpaired) electrons. The lowest BCUT2D eigenvalue weighted by molar-refractivity contribution is 0.402. The van der Waals surface area contributed by atoms with Crippen LogP contribution in [0, 0.1) is 5.82 Å². The summed E-state index contributed by atoms with van der Waals surface area (Å²) in [6.45, 7) is 0.687. The summed E-state index contributed by atoms with van der Waals surface area (Å²) < 4.78 is 21.1. The average molecular weight is 454 g/mol. The molecule has 0 unspecified atom stereocenters. The molecule has 6 aromatic rings. The van der Waals surface area contributed by atoms with Gasteiger partial charge in [-0.05, 0) is 37.9 Å². The molecule has 0 aliphatic carbocycles. The molecular weight excluding hydrogens is 435 g/mol. The van der Waals surface area contributed by atoms with E-state index in [1.165, 1.54) is 0 Å². The van der Waals surface area contributed by atoms with Gasteiger partial charge in [0.1, 0.15) is 16.9 Å². The molecule has 0 atom stereocenters. The Bertz CT molecular complexity index is 1630. The molecule has 0 bridgehead atoms. The average Bonchev–Trinajstić information content (AvgIpc) is 3.57. The molecule has 0 saturated heterocycles. The van der Waals surface area contributed by atoms with Crippen molar-refractivity contribution in [1.82, 2.24) is 40.0 Å². The maximum Gasteiger partial charge on any atom is 0.161 e. The smallest absolute Gasteiger partial charge is 0.161 e. The van der Waals surface area contributed by atoms with Crippen molar-refractivity contribution in [2.75, 3.05) is 14.1 Å². The van der Waals surface area contributed by atoms with Gasteiger partial charge in [0, 0.05) is 41.8 Å². The van der Waals surface area contributed by atoms with Crippen LogP contribution in [0.1, 0.15) is 5.56 Å². The highest BCUT2D eigenvalue weighted by molar-refractivity contribution is 5.97. The summed E-state index contributed by atoms with van der Waals surface area (Å²) in [5, 5.41) is 7.50. The maximum absolute atomic E-state index is 15.9. The zero-order valence-electron chi connectivity index (χ0n) is 18.4. The molecule has 0 saturated carbocycles. The molecule has 6 heterocycles. The van der Waals surface area contributed by atoms with E-state index in [9.17, 15) is 0 Å². The minimum Gasteiger partial charge on any atom is -0.472 e. The first-order chi connectivity index (χ1) is 16.6. The van der Waals surface area contributed by atoms with Crippen LogP contribution in [0.25, 0.3) is 56.0 Å². The summed E-state index contributed by atoms with van der Waals surface area (Å²) in [4.78, 5) is 22.9. The van der Waals surface area contributed by atoms with Gasteiger partial charge >= 0.3 is 0 Å². The second-order valence-electron chi connectivity index (χ2n) is 8.25. The van der Waals surface area contributed by atoms with Gasteiger partial charge in [-0.15, -0.1) is 0 Å². The highest BCUT2D eigenvalue weighted by Crippen LogP contribution is 2.34. The Morgan fingerprint density at radius 1 is 1.06 bits per heavy atom. The Morgan fingerprint density at radius 3 is 2.79 bits per heavy atom. The maximum atomic E-state index is 15.9. The number of furan rings is 1. The van der Waals surface area contributed by atoms with E-state index in [-0.39, 0.29) is 5.69 Å². The normalized spacial score (nSPS) is 11.8. The molecule has 2 N–H and O–H groups in total. The van der Waals surface area contributed by atoms with Crippen molar-refractivity contribution >= 4 is 22.1 Å². The molecule has 0 aliphatic heterocycles. The summed E-state index contributed by atoms with van der Waals surface area (Å²) in [7, 11) is 3.94. The Labute approximate surface area is 192 Å². The number of halogens is 1. The fraction of sp³-hybridized carbons (Fsp3) is 0.125. The summed E-state index contributed by atoms with van der Waals surface area (Å²) in [6, 6.07) is 5.60. The lowest BCUT2D eigenvalue weighted by Gasteiger charge is -2.10. The van der Waals surface area contributed by atoms with Crippen LogP contribution in [0.5, 0.6) is 0 Å². The molecule has 34 heavy (non-hydrogen) atoms. The topological polar surface area (TPSA) is 112 Å². The lowest BCUT2D eigenvalue weighted by Crippen LogP contribution is -2.10. The van der Waals surface area contributed by atoms with Gasteiger partial charge in [0.15, 0.2) is 17.3 Å². The van der Waals surface area contributed by atoms with Crippen molar-refractivity contribution in [1.29, 1.82) is 0 Å². The van der Waals surface area contributed by atoms with Gasteiger partial charge in [-0.3, -0.25) is 15.1 Å². The van der Waals surface area contributed by atoms with E-state index in [4.69, 9.17) is 9.40 Å². The highest BCUT2D eigenvalue weighted by atomic mass is 19.1. The third kappa shape index (κ3) is 3.32. The Morgan fingerprint density at radius 2 is 1.97 bits per heavy atom.